The van der Waals surface area contributed by atoms with Gasteiger partial charge in [0.2, 0.25) is 5.91 Å². The number of rotatable bonds is 6. The van der Waals surface area contributed by atoms with Gasteiger partial charge >= 0.3 is 0 Å². The zero-order chi connectivity index (χ0) is 16.1. The van der Waals surface area contributed by atoms with Gasteiger partial charge in [0.25, 0.3) is 0 Å². The van der Waals surface area contributed by atoms with E-state index in [1.807, 2.05) is 42.7 Å². The van der Waals surface area contributed by atoms with E-state index in [4.69, 9.17) is 0 Å². The summed E-state index contributed by atoms with van der Waals surface area (Å²) < 4.78 is 1.92. The molecule has 0 radical (unpaired) electrons. The molecule has 1 amide bonds. The summed E-state index contributed by atoms with van der Waals surface area (Å²) in [6.45, 7) is 8.77. The highest BCUT2D eigenvalue weighted by atomic mass is 32.2. The molecule has 5 nitrogen and oxygen atoms in total. The second kappa shape index (κ2) is 7.45. The Morgan fingerprint density at radius 1 is 1.32 bits per heavy atom. The lowest BCUT2D eigenvalue weighted by Crippen LogP contribution is -2.33. The number of nitrogens with one attached hydrogen (secondary N) is 1. The lowest BCUT2D eigenvalue weighted by Gasteiger charge is -2.14. The van der Waals surface area contributed by atoms with Gasteiger partial charge in [-0.15, -0.1) is 10.2 Å². The zero-order valence-corrected chi connectivity index (χ0v) is 14.2. The minimum atomic E-state index is -0.217. The molecule has 22 heavy (non-hydrogen) atoms. The van der Waals surface area contributed by atoms with Crippen LogP contribution in [-0.2, 0) is 4.79 Å². The Morgan fingerprint density at radius 2 is 2.05 bits per heavy atom. The number of amides is 1. The van der Waals surface area contributed by atoms with E-state index < -0.39 is 0 Å². The first-order valence-corrected chi connectivity index (χ1v) is 8.27. The van der Waals surface area contributed by atoms with Crippen LogP contribution in [0.5, 0.6) is 0 Å². The fourth-order valence-electron chi connectivity index (χ4n) is 1.96. The number of para-hydroxylation sites is 1. The van der Waals surface area contributed by atoms with E-state index in [2.05, 4.69) is 29.4 Å². The molecule has 0 saturated heterocycles. The second-order valence-electron chi connectivity index (χ2n) is 5.67. The number of hydrogen-bond donors (Lipinski definition) is 1. The van der Waals surface area contributed by atoms with Crippen LogP contribution in [0.1, 0.15) is 26.3 Å². The number of aryl methyl sites for hydroxylation is 1. The minimum Gasteiger partial charge on any atom is -0.355 e. The van der Waals surface area contributed by atoms with E-state index >= 15 is 0 Å². The third-order valence-electron chi connectivity index (χ3n) is 3.23. The molecule has 1 aromatic heterocycles. The van der Waals surface area contributed by atoms with Crippen LogP contribution in [0, 0.1) is 12.8 Å². The summed E-state index contributed by atoms with van der Waals surface area (Å²) in [7, 11) is 0. The first-order chi connectivity index (χ1) is 10.5. The van der Waals surface area contributed by atoms with Crippen LogP contribution < -0.4 is 5.32 Å². The first-order valence-electron chi connectivity index (χ1n) is 7.39. The first kappa shape index (κ1) is 16.5. The van der Waals surface area contributed by atoms with Gasteiger partial charge in [0.1, 0.15) is 6.33 Å². The standard InChI is InChI=1S/C16H22N4OS/c1-11(2)9-17-15(21)13(4)22-16-19-18-10-20(16)14-8-6-5-7-12(14)3/h5-8,10-11,13H,9H2,1-4H3,(H,17,21). The summed E-state index contributed by atoms with van der Waals surface area (Å²) in [6, 6.07) is 8.04. The van der Waals surface area contributed by atoms with Crippen LogP contribution in [0.4, 0.5) is 0 Å². The molecule has 0 saturated carbocycles. The summed E-state index contributed by atoms with van der Waals surface area (Å²) in [5.41, 5.74) is 2.17. The third-order valence-corrected chi connectivity index (χ3v) is 4.28. The molecule has 0 aliphatic heterocycles. The van der Waals surface area contributed by atoms with E-state index in [9.17, 15) is 4.79 Å². The summed E-state index contributed by atoms with van der Waals surface area (Å²) in [4.78, 5) is 12.1. The monoisotopic (exact) mass is 318 g/mol. The van der Waals surface area contributed by atoms with Crippen LogP contribution in [0.3, 0.4) is 0 Å². The summed E-state index contributed by atoms with van der Waals surface area (Å²) in [5.74, 6) is 0.467. The van der Waals surface area contributed by atoms with Crippen molar-refractivity contribution in [3.8, 4) is 5.69 Å². The molecule has 0 spiro atoms. The van der Waals surface area contributed by atoms with E-state index in [1.165, 1.54) is 11.8 Å². The Kier molecular flexibility index (Phi) is 5.60. The number of benzene rings is 1. The predicted molar refractivity (Wildman–Crippen MR) is 89.3 cm³/mol. The van der Waals surface area contributed by atoms with Crippen molar-refractivity contribution in [1.82, 2.24) is 20.1 Å². The highest BCUT2D eigenvalue weighted by molar-refractivity contribution is 8.00. The van der Waals surface area contributed by atoms with Crippen molar-refractivity contribution < 1.29 is 4.79 Å². The van der Waals surface area contributed by atoms with Crippen molar-refractivity contribution in [2.24, 2.45) is 5.92 Å². The normalized spacial score (nSPS) is 12.4. The number of carbonyl (C=O) groups excluding carboxylic acids is 1. The molecular formula is C16H22N4OS. The zero-order valence-electron chi connectivity index (χ0n) is 13.4. The summed E-state index contributed by atoms with van der Waals surface area (Å²) in [5, 5.41) is 11.6. The van der Waals surface area contributed by atoms with E-state index in [-0.39, 0.29) is 11.2 Å². The van der Waals surface area contributed by atoms with Crippen LogP contribution in [0.2, 0.25) is 0 Å². The number of hydrogen-bond acceptors (Lipinski definition) is 4. The summed E-state index contributed by atoms with van der Waals surface area (Å²) >= 11 is 1.42. The minimum absolute atomic E-state index is 0.0260. The maximum absolute atomic E-state index is 12.1. The molecule has 2 rings (SSSR count). The Labute approximate surface area is 135 Å². The molecule has 1 heterocycles. The maximum Gasteiger partial charge on any atom is 0.233 e. The van der Waals surface area contributed by atoms with Gasteiger partial charge in [-0.3, -0.25) is 9.36 Å². The van der Waals surface area contributed by atoms with Crippen molar-refractivity contribution in [1.29, 1.82) is 0 Å². The lowest BCUT2D eigenvalue weighted by atomic mass is 10.2. The number of nitrogens with zero attached hydrogens (tertiary/aromatic N) is 3. The van der Waals surface area contributed by atoms with Gasteiger partial charge in [-0.1, -0.05) is 43.8 Å². The Hall–Kier alpha value is -1.82. The molecule has 6 heteroatoms. The van der Waals surface area contributed by atoms with Crippen LogP contribution in [0.15, 0.2) is 35.7 Å². The molecule has 2 aromatic rings. The van der Waals surface area contributed by atoms with E-state index in [0.29, 0.717) is 12.5 Å². The highest BCUT2D eigenvalue weighted by Gasteiger charge is 2.18. The van der Waals surface area contributed by atoms with Gasteiger partial charge in [0, 0.05) is 6.54 Å². The smallest absolute Gasteiger partial charge is 0.233 e. The van der Waals surface area contributed by atoms with Crippen molar-refractivity contribution >= 4 is 17.7 Å². The van der Waals surface area contributed by atoms with Gasteiger partial charge in [-0.2, -0.15) is 0 Å². The van der Waals surface area contributed by atoms with E-state index in [1.54, 1.807) is 6.33 Å². The van der Waals surface area contributed by atoms with Crippen molar-refractivity contribution in [2.75, 3.05) is 6.54 Å². The van der Waals surface area contributed by atoms with Gasteiger partial charge in [-0.25, -0.2) is 0 Å². The molecule has 1 atom stereocenters. The van der Waals surface area contributed by atoms with E-state index in [0.717, 1.165) is 16.4 Å². The molecule has 0 aliphatic carbocycles. The topological polar surface area (TPSA) is 59.8 Å². The SMILES string of the molecule is Cc1ccccc1-n1cnnc1SC(C)C(=O)NCC(C)C. The average Bonchev–Trinajstić information content (AvgIpc) is 2.93. The fraction of sp³-hybridized carbons (Fsp3) is 0.438. The van der Waals surface area contributed by atoms with Crippen molar-refractivity contribution in [3.05, 3.63) is 36.2 Å². The maximum atomic E-state index is 12.1. The Morgan fingerprint density at radius 3 is 2.73 bits per heavy atom. The Bertz CT molecular complexity index is 639. The van der Waals surface area contributed by atoms with Crippen molar-refractivity contribution in [2.45, 2.75) is 38.1 Å². The highest BCUT2D eigenvalue weighted by Crippen LogP contribution is 2.25. The second-order valence-corrected chi connectivity index (χ2v) is 6.98. The van der Waals surface area contributed by atoms with Crippen LogP contribution >= 0.6 is 11.8 Å². The lowest BCUT2D eigenvalue weighted by molar-refractivity contribution is -0.120. The number of carbonyl (C=O) groups is 1. The van der Waals surface area contributed by atoms with Gasteiger partial charge < -0.3 is 5.32 Å². The Balaban J connectivity index is 2.10. The third kappa shape index (κ3) is 4.10. The molecule has 1 N–H and O–H groups in total. The number of aromatic nitrogens is 3. The van der Waals surface area contributed by atoms with Crippen LogP contribution in [0.25, 0.3) is 5.69 Å². The van der Waals surface area contributed by atoms with Gasteiger partial charge in [0.15, 0.2) is 5.16 Å². The average molecular weight is 318 g/mol. The largest absolute Gasteiger partial charge is 0.355 e. The molecule has 1 unspecified atom stereocenters. The van der Waals surface area contributed by atoms with Gasteiger partial charge in [-0.05, 0) is 31.4 Å². The predicted octanol–water partition coefficient (Wildman–Crippen LogP) is 2.83. The molecular weight excluding hydrogens is 296 g/mol. The fourth-order valence-corrected chi connectivity index (χ4v) is 2.82. The van der Waals surface area contributed by atoms with Gasteiger partial charge in [0.05, 0.1) is 10.9 Å². The van der Waals surface area contributed by atoms with Crippen LogP contribution in [-0.4, -0.2) is 32.5 Å². The molecule has 118 valence electrons. The van der Waals surface area contributed by atoms with Crippen molar-refractivity contribution in [3.63, 3.8) is 0 Å². The number of thioether (sulfide) groups is 1. The molecule has 0 bridgehead atoms. The molecule has 1 aromatic carbocycles. The quantitative estimate of drug-likeness (QED) is 0.832. The molecule has 0 aliphatic rings. The summed E-state index contributed by atoms with van der Waals surface area (Å²) in [6.07, 6.45) is 1.68. The molecule has 0 fully saturated rings.